The van der Waals surface area contributed by atoms with E-state index in [2.05, 4.69) is 4.98 Å². The van der Waals surface area contributed by atoms with Crippen LogP contribution >= 0.6 is 0 Å². The molecule has 0 fully saturated rings. The fourth-order valence-electron chi connectivity index (χ4n) is 1.25. The molecule has 1 atom stereocenters. The molecule has 0 aliphatic carbocycles. The normalized spacial score (nSPS) is 14.8. The molecule has 0 saturated carbocycles. The van der Waals surface area contributed by atoms with Gasteiger partial charge in [0, 0.05) is 11.8 Å². The maximum absolute atomic E-state index is 13.2. The lowest BCUT2D eigenvalue weighted by Crippen LogP contribution is -2.36. The first-order valence-electron chi connectivity index (χ1n) is 4.04. The van der Waals surface area contributed by atoms with Crippen LogP contribution < -0.4 is 5.73 Å². The molecule has 4 nitrogen and oxygen atoms in total. The Morgan fingerprint density at radius 3 is 2.93 bits per heavy atom. The van der Waals surface area contributed by atoms with Crippen LogP contribution in [0.1, 0.15) is 18.9 Å². The Bertz CT molecular complexity index is 352. The molecular weight excluding hydrogens is 187 g/mol. The lowest BCUT2D eigenvalue weighted by atomic mass is 9.90. The summed E-state index contributed by atoms with van der Waals surface area (Å²) in [7, 11) is 0. The molecule has 0 aliphatic rings. The molecule has 0 spiro atoms. The SMILES string of the molecule is CC(N)(CC(=O)O)c1ccncc1F. The van der Waals surface area contributed by atoms with Gasteiger partial charge in [-0.05, 0) is 13.0 Å². The lowest BCUT2D eigenvalue weighted by molar-refractivity contribution is -0.138. The summed E-state index contributed by atoms with van der Waals surface area (Å²) in [6.45, 7) is 1.47. The number of rotatable bonds is 3. The van der Waals surface area contributed by atoms with Crippen molar-refractivity contribution in [2.75, 3.05) is 0 Å². The number of carbonyl (C=O) groups is 1. The highest BCUT2D eigenvalue weighted by Crippen LogP contribution is 2.23. The number of hydrogen-bond acceptors (Lipinski definition) is 3. The van der Waals surface area contributed by atoms with Crippen molar-refractivity contribution < 1.29 is 14.3 Å². The minimum absolute atomic E-state index is 0.162. The van der Waals surface area contributed by atoms with Gasteiger partial charge in [0.25, 0.3) is 0 Å². The highest BCUT2D eigenvalue weighted by Gasteiger charge is 2.27. The standard InChI is InChI=1S/C9H11FN2O2/c1-9(11,4-8(13)14)6-2-3-12-5-7(6)10/h2-3,5H,4,11H2,1H3,(H,13,14). The summed E-state index contributed by atoms with van der Waals surface area (Å²) in [5, 5.41) is 8.58. The molecule has 0 aliphatic heterocycles. The van der Waals surface area contributed by atoms with E-state index in [4.69, 9.17) is 10.8 Å². The minimum atomic E-state index is -1.21. The van der Waals surface area contributed by atoms with Crippen molar-refractivity contribution in [2.45, 2.75) is 18.9 Å². The molecule has 1 unspecified atom stereocenters. The molecule has 1 aromatic rings. The molecule has 14 heavy (non-hydrogen) atoms. The van der Waals surface area contributed by atoms with Crippen LogP contribution in [0.25, 0.3) is 0 Å². The summed E-state index contributed by atoms with van der Waals surface area (Å²) in [4.78, 5) is 14.0. The van der Waals surface area contributed by atoms with Crippen LogP contribution in [0, 0.1) is 5.82 Å². The summed E-state index contributed by atoms with van der Waals surface area (Å²) in [5.41, 5.74) is 4.64. The number of aromatic nitrogens is 1. The highest BCUT2D eigenvalue weighted by atomic mass is 19.1. The smallest absolute Gasteiger partial charge is 0.305 e. The van der Waals surface area contributed by atoms with E-state index in [1.807, 2.05) is 0 Å². The number of pyridine rings is 1. The van der Waals surface area contributed by atoms with E-state index in [1.165, 1.54) is 19.2 Å². The van der Waals surface area contributed by atoms with Gasteiger partial charge in [-0.15, -0.1) is 0 Å². The number of aliphatic carboxylic acids is 1. The molecule has 0 radical (unpaired) electrons. The second-order valence-corrected chi connectivity index (χ2v) is 3.34. The second-order valence-electron chi connectivity index (χ2n) is 3.34. The number of halogens is 1. The van der Waals surface area contributed by atoms with Crippen molar-refractivity contribution in [3.63, 3.8) is 0 Å². The van der Waals surface area contributed by atoms with Gasteiger partial charge in [0.1, 0.15) is 5.82 Å². The van der Waals surface area contributed by atoms with Gasteiger partial charge in [-0.25, -0.2) is 4.39 Å². The lowest BCUT2D eigenvalue weighted by Gasteiger charge is -2.23. The first kappa shape index (κ1) is 10.6. The van der Waals surface area contributed by atoms with E-state index in [0.717, 1.165) is 6.20 Å². The topological polar surface area (TPSA) is 76.2 Å². The Hall–Kier alpha value is -1.49. The zero-order chi connectivity index (χ0) is 10.8. The number of carboxylic acid groups (broad SMARTS) is 1. The van der Waals surface area contributed by atoms with Crippen molar-refractivity contribution >= 4 is 5.97 Å². The van der Waals surface area contributed by atoms with E-state index in [-0.39, 0.29) is 12.0 Å². The first-order chi connectivity index (χ1) is 6.43. The monoisotopic (exact) mass is 198 g/mol. The third kappa shape index (κ3) is 2.26. The van der Waals surface area contributed by atoms with Gasteiger partial charge in [0.15, 0.2) is 0 Å². The number of hydrogen-bond donors (Lipinski definition) is 2. The van der Waals surface area contributed by atoms with Crippen molar-refractivity contribution in [2.24, 2.45) is 5.73 Å². The van der Waals surface area contributed by atoms with E-state index in [9.17, 15) is 9.18 Å². The largest absolute Gasteiger partial charge is 0.481 e. The van der Waals surface area contributed by atoms with E-state index in [1.54, 1.807) is 0 Å². The predicted molar refractivity (Wildman–Crippen MR) is 48.0 cm³/mol. The Labute approximate surface area is 80.6 Å². The first-order valence-corrected chi connectivity index (χ1v) is 4.04. The minimum Gasteiger partial charge on any atom is -0.481 e. The average molecular weight is 198 g/mol. The molecule has 1 aromatic heterocycles. The van der Waals surface area contributed by atoms with Gasteiger partial charge in [0.2, 0.25) is 0 Å². The molecular formula is C9H11FN2O2. The zero-order valence-electron chi connectivity index (χ0n) is 7.70. The Morgan fingerprint density at radius 1 is 1.79 bits per heavy atom. The Kier molecular flexibility index (Phi) is 2.81. The predicted octanol–water partition coefficient (Wildman–Crippen LogP) is 0.869. The van der Waals surface area contributed by atoms with Crippen LogP contribution in [0.4, 0.5) is 4.39 Å². The molecule has 1 heterocycles. The van der Waals surface area contributed by atoms with Gasteiger partial charge < -0.3 is 10.8 Å². The molecule has 0 aromatic carbocycles. The molecule has 76 valence electrons. The van der Waals surface area contributed by atoms with Crippen molar-refractivity contribution in [3.8, 4) is 0 Å². The van der Waals surface area contributed by atoms with Gasteiger partial charge in [0.05, 0.1) is 18.2 Å². The maximum Gasteiger partial charge on any atom is 0.305 e. The molecule has 0 bridgehead atoms. The van der Waals surface area contributed by atoms with Gasteiger partial charge in [-0.3, -0.25) is 9.78 Å². The fraction of sp³-hybridized carbons (Fsp3) is 0.333. The van der Waals surface area contributed by atoms with Crippen LogP contribution in [0.15, 0.2) is 18.5 Å². The van der Waals surface area contributed by atoms with Gasteiger partial charge in [-0.2, -0.15) is 0 Å². The summed E-state index contributed by atoms with van der Waals surface area (Å²) >= 11 is 0. The van der Waals surface area contributed by atoms with E-state index >= 15 is 0 Å². The summed E-state index contributed by atoms with van der Waals surface area (Å²) in [6, 6.07) is 1.39. The summed E-state index contributed by atoms with van der Waals surface area (Å²) in [6.07, 6.45) is 2.07. The van der Waals surface area contributed by atoms with Gasteiger partial charge in [-0.1, -0.05) is 0 Å². The average Bonchev–Trinajstić information content (AvgIpc) is 2.02. The highest BCUT2D eigenvalue weighted by molar-refractivity contribution is 5.68. The van der Waals surface area contributed by atoms with Crippen molar-refractivity contribution in [3.05, 3.63) is 29.8 Å². The van der Waals surface area contributed by atoms with Gasteiger partial charge >= 0.3 is 5.97 Å². The maximum atomic E-state index is 13.2. The quantitative estimate of drug-likeness (QED) is 0.755. The molecule has 5 heteroatoms. The number of carboxylic acids is 1. The van der Waals surface area contributed by atoms with Crippen LogP contribution in [0.2, 0.25) is 0 Å². The van der Waals surface area contributed by atoms with Crippen molar-refractivity contribution in [1.82, 2.24) is 4.98 Å². The van der Waals surface area contributed by atoms with Crippen LogP contribution in [0.3, 0.4) is 0 Å². The molecule has 1 rings (SSSR count). The Morgan fingerprint density at radius 2 is 2.43 bits per heavy atom. The number of nitrogens with two attached hydrogens (primary N) is 1. The Balaban J connectivity index is 3.03. The zero-order valence-corrected chi connectivity index (χ0v) is 7.70. The second kappa shape index (κ2) is 3.71. The van der Waals surface area contributed by atoms with E-state index < -0.39 is 17.3 Å². The van der Waals surface area contributed by atoms with E-state index in [0.29, 0.717) is 0 Å². The van der Waals surface area contributed by atoms with Crippen LogP contribution in [-0.4, -0.2) is 16.1 Å². The molecule has 0 saturated heterocycles. The fourth-order valence-corrected chi connectivity index (χ4v) is 1.25. The van der Waals surface area contributed by atoms with Crippen LogP contribution in [0.5, 0.6) is 0 Å². The number of nitrogens with zero attached hydrogens (tertiary/aromatic N) is 1. The third-order valence-corrected chi connectivity index (χ3v) is 1.91. The van der Waals surface area contributed by atoms with Crippen molar-refractivity contribution in [1.29, 1.82) is 0 Å². The molecule has 0 amide bonds. The third-order valence-electron chi connectivity index (χ3n) is 1.91. The summed E-state index contributed by atoms with van der Waals surface area (Å²) < 4.78 is 13.2. The summed E-state index contributed by atoms with van der Waals surface area (Å²) in [5.74, 6) is -1.65. The molecule has 3 N–H and O–H groups in total. The van der Waals surface area contributed by atoms with Crippen LogP contribution in [-0.2, 0) is 10.3 Å².